The molecular weight excluding hydrogens is 232 g/mol. The van der Waals surface area contributed by atoms with Crippen molar-refractivity contribution in [2.24, 2.45) is 0 Å². The summed E-state index contributed by atoms with van der Waals surface area (Å²) in [5.41, 5.74) is 0.376. The van der Waals surface area contributed by atoms with Crippen molar-refractivity contribution < 1.29 is 19.8 Å². The van der Waals surface area contributed by atoms with Gasteiger partial charge in [0, 0.05) is 10.6 Å². The Morgan fingerprint density at radius 2 is 2.00 bits per heavy atom. The van der Waals surface area contributed by atoms with Crippen LogP contribution in [0, 0.1) is 0 Å². The van der Waals surface area contributed by atoms with Gasteiger partial charge in [0.25, 0.3) is 0 Å². The number of carboxylic acids is 2. The van der Waals surface area contributed by atoms with E-state index < -0.39 is 18.4 Å². The lowest BCUT2D eigenvalue weighted by Crippen LogP contribution is -2.06. The summed E-state index contributed by atoms with van der Waals surface area (Å²) in [7, 11) is 0. The highest BCUT2D eigenvalue weighted by Gasteiger charge is 2.11. The smallest absolute Gasteiger partial charge is 0.332 e. The molecule has 1 aromatic rings. The lowest BCUT2D eigenvalue weighted by atomic mass is 10.1. The summed E-state index contributed by atoms with van der Waals surface area (Å²) in [6, 6.07) is 6.52. The molecule has 0 atom stereocenters. The van der Waals surface area contributed by atoms with E-state index in [9.17, 15) is 9.59 Å². The van der Waals surface area contributed by atoms with E-state index in [-0.39, 0.29) is 5.57 Å². The van der Waals surface area contributed by atoms with Gasteiger partial charge < -0.3 is 10.2 Å². The largest absolute Gasteiger partial charge is 0.481 e. The molecule has 0 bridgehead atoms. The van der Waals surface area contributed by atoms with Gasteiger partial charge >= 0.3 is 11.9 Å². The fraction of sp³-hybridized carbons (Fsp3) is 0.0909. The van der Waals surface area contributed by atoms with E-state index in [2.05, 4.69) is 0 Å². The number of rotatable bonds is 4. The Bertz CT molecular complexity index is 451. The van der Waals surface area contributed by atoms with E-state index in [0.29, 0.717) is 10.6 Å². The molecule has 84 valence electrons. The molecule has 0 aliphatic heterocycles. The molecule has 0 aliphatic rings. The monoisotopic (exact) mass is 240 g/mol. The minimum absolute atomic E-state index is 0.185. The predicted molar refractivity (Wildman–Crippen MR) is 59.3 cm³/mol. The van der Waals surface area contributed by atoms with E-state index in [4.69, 9.17) is 21.8 Å². The van der Waals surface area contributed by atoms with Crippen molar-refractivity contribution in [3.63, 3.8) is 0 Å². The topological polar surface area (TPSA) is 74.6 Å². The number of carbonyl (C=O) groups is 2. The van der Waals surface area contributed by atoms with Crippen LogP contribution in [-0.4, -0.2) is 22.2 Å². The molecule has 16 heavy (non-hydrogen) atoms. The second-order valence-corrected chi connectivity index (χ2v) is 3.54. The van der Waals surface area contributed by atoms with Crippen LogP contribution in [0.25, 0.3) is 6.08 Å². The van der Waals surface area contributed by atoms with Crippen LogP contribution in [0.4, 0.5) is 0 Å². The SMILES string of the molecule is O=C(O)CC(=Cc1cccc(Cl)c1)C(=O)O. The van der Waals surface area contributed by atoms with Gasteiger partial charge in [0.1, 0.15) is 0 Å². The molecule has 1 aromatic carbocycles. The van der Waals surface area contributed by atoms with Crippen molar-refractivity contribution in [2.45, 2.75) is 6.42 Å². The van der Waals surface area contributed by atoms with Crippen LogP contribution in [0.2, 0.25) is 5.02 Å². The summed E-state index contributed by atoms with van der Waals surface area (Å²) in [6.45, 7) is 0. The molecule has 0 spiro atoms. The van der Waals surface area contributed by atoms with E-state index in [1.807, 2.05) is 0 Å². The molecule has 0 aromatic heterocycles. The van der Waals surface area contributed by atoms with Crippen LogP contribution in [0.3, 0.4) is 0 Å². The fourth-order valence-corrected chi connectivity index (χ4v) is 1.35. The maximum absolute atomic E-state index is 10.8. The Morgan fingerprint density at radius 1 is 1.31 bits per heavy atom. The molecule has 0 aliphatic carbocycles. The second kappa shape index (κ2) is 5.32. The third-order valence-electron chi connectivity index (χ3n) is 1.81. The number of halogens is 1. The number of benzene rings is 1. The Labute approximate surface area is 96.8 Å². The van der Waals surface area contributed by atoms with Crippen LogP contribution in [-0.2, 0) is 9.59 Å². The lowest BCUT2D eigenvalue weighted by molar-refractivity contribution is -0.139. The first-order chi connectivity index (χ1) is 7.49. The van der Waals surface area contributed by atoms with Gasteiger partial charge in [-0.2, -0.15) is 0 Å². The standard InChI is InChI=1S/C11H9ClO4/c12-9-3-1-2-7(5-9)4-8(11(15)16)6-10(13)14/h1-5H,6H2,(H,13,14)(H,15,16). The van der Waals surface area contributed by atoms with Crippen LogP contribution in [0.1, 0.15) is 12.0 Å². The van der Waals surface area contributed by atoms with Gasteiger partial charge in [-0.1, -0.05) is 23.7 Å². The molecular formula is C11H9ClO4. The normalized spacial score (nSPS) is 11.2. The summed E-state index contributed by atoms with van der Waals surface area (Å²) in [6.07, 6.45) is 0.768. The summed E-state index contributed by atoms with van der Waals surface area (Å²) in [5.74, 6) is -2.43. The maximum atomic E-state index is 10.8. The van der Waals surface area contributed by atoms with Gasteiger partial charge in [-0.25, -0.2) is 4.79 Å². The van der Waals surface area contributed by atoms with Gasteiger partial charge in [-0.15, -0.1) is 0 Å². The summed E-state index contributed by atoms with van der Waals surface area (Å²) < 4.78 is 0. The molecule has 4 nitrogen and oxygen atoms in total. The van der Waals surface area contributed by atoms with Crippen molar-refractivity contribution in [1.29, 1.82) is 0 Å². The van der Waals surface area contributed by atoms with Gasteiger partial charge in [-0.3, -0.25) is 4.79 Å². The number of carboxylic acid groups (broad SMARTS) is 2. The Balaban J connectivity index is 3.02. The molecule has 0 amide bonds. The van der Waals surface area contributed by atoms with E-state index in [0.717, 1.165) is 0 Å². The van der Waals surface area contributed by atoms with E-state index >= 15 is 0 Å². The molecule has 5 heteroatoms. The van der Waals surface area contributed by atoms with Crippen molar-refractivity contribution in [1.82, 2.24) is 0 Å². The Kier molecular flexibility index (Phi) is 4.08. The third-order valence-corrected chi connectivity index (χ3v) is 2.04. The minimum atomic E-state index is -1.25. The van der Waals surface area contributed by atoms with Gasteiger partial charge in [0.2, 0.25) is 0 Å². The molecule has 0 radical (unpaired) electrons. The summed E-state index contributed by atoms with van der Waals surface area (Å²) in [5, 5.41) is 17.8. The molecule has 0 unspecified atom stereocenters. The zero-order valence-electron chi connectivity index (χ0n) is 8.18. The van der Waals surface area contributed by atoms with Crippen LogP contribution < -0.4 is 0 Å². The fourth-order valence-electron chi connectivity index (χ4n) is 1.15. The molecule has 0 saturated heterocycles. The molecule has 0 saturated carbocycles. The van der Waals surface area contributed by atoms with Crippen molar-refractivity contribution >= 4 is 29.6 Å². The molecule has 1 rings (SSSR count). The highest BCUT2D eigenvalue weighted by Crippen LogP contribution is 2.15. The molecule has 0 fully saturated rings. The van der Waals surface area contributed by atoms with Crippen molar-refractivity contribution in [2.75, 3.05) is 0 Å². The maximum Gasteiger partial charge on any atom is 0.332 e. The quantitative estimate of drug-likeness (QED) is 0.792. The van der Waals surface area contributed by atoms with E-state index in [1.165, 1.54) is 6.08 Å². The minimum Gasteiger partial charge on any atom is -0.481 e. The van der Waals surface area contributed by atoms with Crippen LogP contribution in [0.5, 0.6) is 0 Å². The predicted octanol–water partition coefficient (Wildman–Crippen LogP) is 2.28. The second-order valence-electron chi connectivity index (χ2n) is 3.10. The lowest BCUT2D eigenvalue weighted by Gasteiger charge is -1.99. The van der Waals surface area contributed by atoms with Gasteiger partial charge in [0.15, 0.2) is 0 Å². The Hall–Kier alpha value is -1.81. The number of aliphatic carboxylic acids is 2. The van der Waals surface area contributed by atoms with E-state index in [1.54, 1.807) is 24.3 Å². The molecule has 0 heterocycles. The van der Waals surface area contributed by atoms with Crippen LogP contribution in [0.15, 0.2) is 29.8 Å². The average molecular weight is 241 g/mol. The third kappa shape index (κ3) is 3.74. The molecule has 2 N–H and O–H groups in total. The summed E-state index contributed by atoms with van der Waals surface area (Å²) in [4.78, 5) is 21.2. The zero-order valence-corrected chi connectivity index (χ0v) is 8.94. The average Bonchev–Trinajstić information content (AvgIpc) is 2.15. The Morgan fingerprint density at radius 3 is 2.50 bits per heavy atom. The van der Waals surface area contributed by atoms with Gasteiger partial charge in [0.05, 0.1) is 6.42 Å². The highest BCUT2D eigenvalue weighted by molar-refractivity contribution is 6.30. The number of hydrogen-bond acceptors (Lipinski definition) is 2. The van der Waals surface area contributed by atoms with Crippen molar-refractivity contribution in [3.05, 3.63) is 40.4 Å². The highest BCUT2D eigenvalue weighted by atomic mass is 35.5. The first-order valence-electron chi connectivity index (χ1n) is 4.40. The van der Waals surface area contributed by atoms with Crippen LogP contribution >= 0.6 is 11.6 Å². The first kappa shape index (κ1) is 12.3. The number of hydrogen-bond donors (Lipinski definition) is 2. The zero-order chi connectivity index (χ0) is 12.1. The van der Waals surface area contributed by atoms with Gasteiger partial charge in [-0.05, 0) is 23.8 Å². The first-order valence-corrected chi connectivity index (χ1v) is 4.78. The summed E-state index contributed by atoms with van der Waals surface area (Å²) >= 11 is 5.72. The van der Waals surface area contributed by atoms with Crippen molar-refractivity contribution in [3.8, 4) is 0 Å².